The Morgan fingerprint density at radius 1 is 1.62 bits per heavy atom. The highest BCUT2D eigenvalue weighted by molar-refractivity contribution is 5.13. The number of aliphatic hydroxyl groups is 1. The van der Waals surface area contributed by atoms with Crippen LogP contribution in [0.15, 0.2) is 23.3 Å². The highest BCUT2D eigenvalue weighted by Crippen LogP contribution is 2.25. The Kier molecular flexibility index (Phi) is 4.23. The molecule has 0 saturated carbocycles. The zero-order chi connectivity index (χ0) is 9.68. The van der Waals surface area contributed by atoms with Crippen LogP contribution >= 0.6 is 0 Å². The van der Waals surface area contributed by atoms with Crippen molar-refractivity contribution in [3.05, 3.63) is 23.3 Å². The molecule has 1 aliphatic carbocycles. The quantitative estimate of drug-likeness (QED) is 0.662. The highest BCUT2D eigenvalue weighted by Gasteiger charge is 2.11. The Morgan fingerprint density at radius 3 is 3.00 bits per heavy atom. The molecule has 1 rings (SSSR count). The minimum absolute atomic E-state index is 0.318. The second-order valence-corrected chi connectivity index (χ2v) is 4.15. The lowest BCUT2D eigenvalue weighted by molar-refractivity contribution is 0.239. The molecule has 0 saturated heterocycles. The summed E-state index contributed by atoms with van der Waals surface area (Å²) in [5.74, 6) is 0.425. The van der Waals surface area contributed by atoms with Gasteiger partial charge in [0.1, 0.15) is 0 Å². The van der Waals surface area contributed by atoms with Crippen molar-refractivity contribution in [3.8, 4) is 0 Å². The van der Waals surface area contributed by atoms with Gasteiger partial charge in [-0.25, -0.2) is 0 Å². The Balaban J connectivity index is 2.49. The fourth-order valence-electron chi connectivity index (χ4n) is 1.74. The maximum Gasteiger partial charge on any atom is 0.0493 e. The first-order valence-electron chi connectivity index (χ1n) is 5.16. The van der Waals surface area contributed by atoms with E-state index in [1.54, 1.807) is 0 Å². The smallest absolute Gasteiger partial charge is 0.0493 e. The maximum absolute atomic E-state index is 9.03. The van der Waals surface area contributed by atoms with Crippen LogP contribution in [-0.4, -0.2) is 11.7 Å². The summed E-state index contributed by atoms with van der Waals surface area (Å²) in [4.78, 5) is 0. The van der Waals surface area contributed by atoms with Gasteiger partial charge in [0.15, 0.2) is 0 Å². The highest BCUT2D eigenvalue weighted by atomic mass is 16.3. The Hall–Kier alpha value is -0.560. The average Bonchev–Trinajstić information content (AvgIpc) is 2.15. The predicted molar refractivity (Wildman–Crippen MR) is 56.6 cm³/mol. The molecule has 1 N–H and O–H groups in total. The molecular weight excluding hydrogens is 160 g/mol. The van der Waals surface area contributed by atoms with Crippen molar-refractivity contribution in [1.82, 2.24) is 0 Å². The number of hydrogen-bond acceptors (Lipinski definition) is 1. The summed E-state index contributed by atoms with van der Waals surface area (Å²) in [6.07, 6.45) is 9.25. The third-order valence-corrected chi connectivity index (χ3v) is 2.55. The fraction of sp³-hybridized carbons (Fsp3) is 0.667. The predicted octanol–water partition coefficient (Wildman–Crippen LogP) is 3.06. The molecule has 0 amide bonds. The first-order valence-corrected chi connectivity index (χ1v) is 5.16. The molecule has 0 fully saturated rings. The lowest BCUT2D eigenvalue weighted by Gasteiger charge is -2.18. The molecule has 1 nitrogen and oxygen atoms in total. The summed E-state index contributed by atoms with van der Waals surface area (Å²) in [5.41, 5.74) is 2.89. The van der Waals surface area contributed by atoms with Crippen LogP contribution in [0.3, 0.4) is 0 Å². The van der Waals surface area contributed by atoms with E-state index in [1.807, 2.05) is 0 Å². The molecule has 0 heterocycles. The Bertz CT molecular complexity index is 209. The minimum Gasteiger partial charge on any atom is -0.396 e. The summed E-state index contributed by atoms with van der Waals surface area (Å²) < 4.78 is 0. The zero-order valence-corrected chi connectivity index (χ0v) is 8.71. The Labute approximate surface area is 81.2 Å². The van der Waals surface area contributed by atoms with E-state index in [0.29, 0.717) is 12.5 Å². The fourth-order valence-corrected chi connectivity index (χ4v) is 1.74. The lowest BCUT2D eigenvalue weighted by Crippen LogP contribution is -2.08. The second-order valence-electron chi connectivity index (χ2n) is 4.15. The SMILES string of the molecule is CC(C)=CCC1=CC(CO)CCC1. The van der Waals surface area contributed by atoms with Crippen LogP contribution in [-0.2, 0) is 0 Å². The van der Waals surface area contributed by atoms with E-state index >= 15 is 0 Å². The van der Waals surface area contributed by atoms with Crippen molar-refractivity contribution in [3.63, 3.8) is 0 Å². The summed E-state index contributed by atoms with van der Waals surface area (Å²) in [7, 11) is 0. The second kappa shape index (κ2) is 5.23. The Morgan fingerprint density at radius 2 is 2.38 bits per heavy atom. The normalized spacial score (nSPS) is 22.4. The van der Waals surface area contributed by atoms with Crippen LogP contribution < -0.4 is 0 Å². The molecule has 13 heavy (non-hydrogen) atoms. The van der Waals surface area contributed by atoms with Crippen LogP contribution in [0, 0.1) is 5.92 Å². The number of hydrogen-bond donors (Lipinski definition) is 1. The van der Waals surface area contributed by atoms with E-state index in [-0.39, 0.29) is 0 Å². The third kappa shape index (κ3) is 3.77. The van der Waals surface area contributed by atoms with Gasteiger partial charge >= 0.3 is 0 Å². The van der Waals surface area contributed by atoms with Gasteiger partial charge < -0.3 is 5.11 Å². The van der Waals surface area contributed by atoms with E-state index in [9.17, 15) is 0 Å². The van der Waals surface area contributed by atoms with Crippen LogP contribution in [0.25, 0.3) is 0 Å². The first kappa shape index (κ1) is 10.5. The van der Waals surface area contributed by atoms with Gasteiger partial charge in [0.25, 0.3) is 0 Å². The van der Waals surface area contributed by atoms with Crippen LogP contribution in [0.1, 0.15) is 39.5 Å². The lowest BCUT2D eigenvalue weighted by atomic mass is 9.89. The molecule has 0 bridgehead atoms. The molecule has 0 aromatic heterocycles. The molecule has 0 radical (unpaired) electrons. The van der Waals surface area contributed by atoms with Crippen molar-refractivity contribution in [1.29, 1.82) is 0 Å². The third-order valence-electron chi connectivity index (χ3n) is 2.55. The average molecular weight is 180 g/mol. The molecule has 0 aliphatic heterocycles. The first-order chi connectivity index (χ1) is 6.22. The molecule has 1 atom stereocenters. The zero-order valence-electron chi connectivity index (χ0n) is 8.71. The van der Waals surface area contributed by atoms with Gasteiger partial charge in [-0.15, -0.1) is 0 Å². The van der Waals surface area contributed by atoms with Gasteiger partial charge in [-0.05, 0) is 39.5 Å². The minimum atomic E-state index is 0.318. The standard InChI is InChI=1S/C12H20O/c1-10(2)6-7-11-4-3-5-12(8-11)9-13/h6,8,12-13H,3-5,7,9H2,1-2H3. The van der Waals surface area contributed by atoms with Crippen molar-refractivity contribution in [2.24, 2.45) is 5.92 Å². The van der Waals surface area contributed by atoms with Crippen LogP contribution in [0.2, 0.25) is 0 Å². The van der Waals surface area contributed by atoms with Crippen molar-refractivity contribution < 1.29 is 5.11 Å². The molecule has 0 aromatic rings. The summed E-state index contributed by atoms with van der Waals surface area (Å²) in [6, 6.07) is 0. The molecule has 1 unspecified atom stereocenters. The number of allylic oxidation sites excluding steroid dienone is 3. The van der Waals surface area contributed by atoms with E-state index in [1.165, 1.54) is 24.0 Å². The molecule has 0 aromatic carbocycles. The summed E-state index contributed by atoms with van der Waals surface area (Å²) in [6.45, 7) is 4.58. The number of aliphatic hydroxyl groups excluding tert-OH is 1. The van der Waals surface area contributed by atoms with Gasteiger partial charge in [-0.3, -0.25) is 0 Å². The molecule has 0 spiro atoms. The number of rotatable bonds is 3. The van der Waals surface area contributed by atoms with Crippen molar-refractivity contribution >= 4 is 0 Å². The van der Waals surface area contributed by atoms with Crippen LogP contribution in [0.5, 0.6) is 0 Å². The summed E-state index contributed by atoms with van der Waals surface area (Å²) >= 11 is 0. The van der Waals surface area contributed by atoms with Gasteiger partial charge in [-0.2, -0.15) is 0 Å². The largest absolute Gasteiger partial charge is 0.396 e. The topological polar surface area (TPSA) is 20.2 Å². The molecule has 1 heteroatoms. The molecular formula is C12H20O. The van der Waals surface area contributed by atoms with Gasteiger partial charge in [0.05, 0.1) is 0 Å². The van der Waals surface area contributed by atoms with E-state index in [4.69, 9.17) is 5.11 Å². The van der Waals surface area contributed by atoms with E-state index in [0.717, 1.165) is 12.8 Å². The van der Waals surface area contributed by atoms with Crippen LogP contribution in [0.4, 0.5) is 0 Å². The van der Waals surface area contributed by atoms with Crippen molar-refractivity contribution in [2.45, 2.75) is 39.5 Å². The monoisotopic (exact) mass is 180 g/mol. The van der Waals surface area contributed by atoms with Gasteiger partial charge in [0, 0.05) is 12.5 Å². The van der Waals surface area contributed by atoms with Crippen molar-refractivity contribution in [2.75, 3.05) is 6.61 Å². The van der Waals surface area contributed by atoms with E-state index in [2.05, 4.69) is 26.0 Å². The molecule has 1 aliphatic rings. The van der Waals surface area contributed by atoms with E-state index < -0.39 is 0 Å². The summed E-state index contributed by atoms with van der Waals surface area (Å²) in [5, 5.41) is 9.03. The maximum atomic E-state index is 9.03. The van der Waals surface area contributed by atoms with Gasteiger partial charge in [-0.1, -0.05) is 23.3 Å². The van der Waals surface area contributed by atoms with Gasteiger partial charge in [0.2, 0.25) is 0 Å². The molecule has 74 valence electrons.